The third-order valence-electron chi connectivity index (χ3n) is 7.51. The number of hydrogen-bond acceptors (Lipinski definition) is 6. The molecular formula is C27H23FN6O3. The molecule has 1 fully saturated rings. The molecule has 0 aliphatic carbocycles. The number of carbonyl (C=O) groups is 2. The predicted octanol–water partition coefficient (Wildman–Crippen LogP) is 3.27. The first kappa shape index (κ1) is 21.9. The van der Waals surface area contributed by atoms with Gasteiger partial charge in [-0.2, -0.15) is 0 Å². The normalized spacial score (nSPS) is 20.5. The monoisotopic (exact) mass is 498 g/mol. The van der Waals surface area contributed by atoms with Crippen molar-refractivity contribution in [3.8, 4) is 11.3 Å². The number of carbonyl (C=O) groups excluding carboxylic acids is 2. The Morgan fingerprint density at radius 1 is 1.08 bits per heavy atom. The fraction of sp³-hybridized carbons (Fsp3) is 0.259. The lowest BCUT2D eigenvalue weighted by molar-refractivity contribution is -0.129. The molecule has 3 aliphatic rings. The number of fused-ring (bicyclic) bond motifs is 5. The molecule has 3 aromatic heterocycles. The highest BCUT2D eigenvalue weighted by atomic mass is 19.1. The number of imidazole rings is 1. The lowest BCUT2D eigenvalue weighted by Gasteiger charge is -2.29. The van der Waals surface area contributed by atoms with Gasteiger partial charge in [0.15, 0.2) is 0 Å². The zero-order chi connectivity index (χ0) is 25.1. The third kappa shape index (κ3) is 3.55. The molecule has 186 valence electrons. The maximum Gasteiger partial charge on any atom is 0.254 e. The summed E-state index contributed by atoms with van der Waals surface area (Å²) in [6, 6.07) is 10.5. The molecule has 9 nitrogen and oxygen atoms in total. The molecule has 7 rings (SSSR count). The quantitative estimate of drug-likeness (QED) is 0.400. The molecule has 0 saturated carbocycles. The number of nitrogens with zero attached hydrogens (tertiary/aromatic N) is 3. The van der Waals surface area contributed by atoms with Gasteiger partial charge in [-0.1, -0.05) is 12.1 Å². The highest BCUT2D eigenvalue weighted by Crippen LogP contribution is 2.38. The molecule has 3 N–H and O–H groups in total. The lowest BCUT2D eigenvalue weighted by Crippen LogP contribution is -2.37. The molecule has 2 amide bonds. The first-order valence-corrected chi connectivity index (χ1v) is 12.3. The van der Waals surface area contributed by atoms with Gasteiger partial charge < -0.3 is 20.7 Å². The number of nitrogens with one attached hydrogen (secondary N) is 3. The zero-order valence-corrected chi connectivity index (χ0v) is 19.8. The molecular weight excluding hydrogens is 475 g/mol. The number of ether oxygens (including phenoxy) is 1. The van der Waals surface area contributed by atoms with Crippen molar-refractivity contribution in [2.24, 2.45) is 5.92 Å². The molecule has 4 aromatic rings. The van der Waals surface area contributed by atoms with E-state index in [1.807, 2.05) is 24.3 Å². The average molecular weight is 499 g/mol. The Balaban J connectivity index is 1.25. The van der Waals surface area contributed by atoms with Gasteiger partial charge in [0.2, 0.25) is 5.91 Å². The number of benzene rings is 1. The van der Waals surface area contributed by atoms with E-state index in [0.29, 0.717) is 49.0 Å². The number of pyridine rings is 2. The zero-order valence-electron chi connectivity index (χ0n) is 19.8. The summed E-state index contributed by atoms with van der Waals surface area (Å²) in [4.78, 5) is 34.6. The molecule has 6 heterocycles. The number of rotatable bonds is 3. The Morgan fingerprint density at radius 3 is 2.92 bits per heavy atom. The van der Waals surface area contributed by atoms with Crippen molar-refractivity contribution in [1.82, 2.24) is 25.0 Å². The fourth-order valence-corrected chi connectivity index (χ4v) is 5.72. The van der Waals surface area contributed by atoms with Crippen LogP contribution in [0.1, 0.15) is 39.5 Å². The van der Waals surface area contributed by atoms with E-state index >= 15 is 0 Å². The number of aromatic nitrogens is 3. The van der Waals surface area contributed by atoms with Crippen LogP contribution in [0, 0.1) is 11.7 Å². The standard InChI is InChI=1S/C27H23FN6O3/c28-14-5-7-34-22(12-29-24(34)9-14)17-1-3-20(25-18(17)10-30-27(25)36)32-23-4-2-16-15-6-8-37-13-19(15)26(35)31-11-21(16)33-23/h1-5,7,9,12,15,19H,6,8,10-11,13H2,(H,30,36)(H,31,35)(H,32,33)/t15-,19-/m1/s1. The second-order valence-electron chi connectivity index (χ2n) is 9.57. The molecule has 10 heteroatoms. The van der Waals surface area contributed by atoms with Gasteiger partial charge in [0, 0.05) is 36.9 Å². The van der Waals surface area contributed by atoms with Gasteiger partial charge in [-0.25, -0.2) is 14.4 Å². The highest BCUT2D eigenvalue weighted by molar-refractivity contribution is 6.06. The number of amides is 2. The van der Waals surface area contributed by atoms with E-state index in [-0.39, 0.29) is 29.5 Å². The van der Waals surface area contributed by atoms with Crippen LogP contribution in [0.5, 0.6) is 0 Å². The summed E-state index contributed by atoms with van der Waals surface area (Å²) >= 11 is 0. The molecule has 0 unspecified atom stereocenters. The van der Waals surface area contributed by atoms with Crippen LogP contribution >= 0.6 is 0 Å². The molecule has 0 bridgehead atoms. The molecule has 3 aliphatic heterocycles. The van der Waals surface area contributed by atoms with Gasteiger partial charge >= 0.3 is 0 Å². The summed E-state index contributed by atoms with van der Waals surface area (Å²) in [5.41, 5.74) is 6.04. The van der Waals surface area contributed by atoms with Crippen molar-refractivity contribution in [3.63, 3.8) is 0 Å². The van der Waals surface area contributed by atoms with E-state index in [4.69, 9.17) is 9.72 Å². The van der Waals surface area contributed by atoms with Gasteiger partial charge in [0.05, 0.1) is 47.9 Å². The molecule has 1 saturated heterocycles. The van der Waals surface area contributed by atoms with E-state index in [2.05, 4.69) is 20.9 Å². The second kappa shape index (κ2) is 8.38. The van der Waals surface area contributed by atoms with Crippen LogP contribution in [-0.2, 0) is 22.6 Å². The summed E-state index contributed by atoms with van der Waals surface area (Å²) < 4.78 is 21.0. The Bertz CT molecular complexity index is 1600. The van der Waals surface area contributed by atoms with Crippen molar-refractivity contribution in [2.45, 2.75) is 25.4 Å². The van der Waals surface area contributed by atoms with Crippen molar-refractivity contribution < 1.29 is 18.7 Å². The predicted molar refractivity (Wildman–Crippen MR) is 133 cm³/mol. The number of hydrogen-bond donors (Lipinski definition) is 3. The van der Waals surface area contributed by atoms with Crippen molar-refractivity contribution >= 4 is 29.0 Å². The van der Waals surface area contributed by atoms with E-state index < -0.39 is 0 Å². The van der Waals surface area contributed by atoms with E-state index in [0.717, 1.165) is 34.5 Å². The van der Waals surface area contributed by atoms with E-state index in [1.165, 1.54) is 12.1 Å². The van der Waals surface area contributed by atoms with Crippen molar-refractivity contribution in [3.05, 3.63) is 77.0 Å². The Kier molecular flexibility index (Phi) is 4.97. The maximum atomic E-state index is 13.7. The molecule has 1 aromatic carbocycles. The maximum absolute atomic E-state index is 13.7. The third-order valence-corrected chi connectivity index (χ3v) is 7.51. The molecule has 37 heavy (non-hydrogen) atoms. The van der Waals surface area contributed by atoms with Gasteiger partial charge in [-0.3, -0.25) is 14.0 Å². The van der Waals surface area contributed by atoms with Crippen LogP contribution in [0.15, 0.2) is 48.8 Å². The minimum absolute atomic E-state index is 0.00239. The second-order valence-corrected chi connectivity index (χ2v) is 9.57. The van der Waals surface area contributed by atoms with Crippen LogP contribution in [0.2, 0.25) is 0 Å². The Labute approximate surface area is 211 Å². The van der Waals surface area contributed by atoms with Gasteiger partial charge in [0.1, 0.15) is 17.3 Å². The van der Waals surface area contributed by atoms with Gasteiger partial charge in [-0.15, -0.1) is 0 Å². The minimum Gasteiger partial charge on any atom is -0.381 e. The molecule has 0 spiro atoms. The summed E-state index contributed by atoms with van der Waals surface area (Å²) in [6.45, 7) is 1.78. The highest BCUT2D eigenvalue weighted by Gasteiger charge is 2.36. The fourth-order valence-electron chi connectivity index (χ4n) is 5.72. The molecule has 2 atom stereocenters. The van der Waals surface area contributed by atoms with Gasteiger partial charge in [-0.05, 0) is 35.7 Å². The Morgan fingerprint density at radius 2 is 2.00 bits per heavy atom. The van der Waals surface area contributed by atoms with Crippen LogP contribution < -0.4 is 16.0 Å². The summed E-state index contributed by atoms with van der Waals surface area (Å²) in [5, 5.41) is 9.22. The number of anilines is 2. The SMILES string of the molecule is O=C1NCc2c(-c3cnc4cc(F)ccn34)ccc(Nc3ccc4c(n3)CNC(=O)[C@@H]3COCC[C@H]43)c21. The van der Waals surface area contributed by atoms with Crippen LogP contribution in [-0.4, -0.2) is 39.4 Å². The average Bonchev–Trinajstić information content (AvgIpc) is 3.47. The van der Waals surface area contributed by atoms with E-state index in [1.54, 1.807) is 16.8 Å². The van der Waals surface area contributed by atoms with E-state index in [9.17, 15) is 14.0 Å². The summed E-state index contributed by atoms with van der Waals surface area (Å²) in [6.07, 6.45) is 4.11. The topological polar surface area (TPSA) is 110 Å². The smallest absolute Gasteiger partial charge is 0.254 e. The summed E-state index contributed by atoms with van der Waals surface area (Å²) in [7, 11) is 0. The van der Waals surface area contributed by atoms with Gasteiger partial charge in [0.25, 0.3) is 5.91 Å². The summed E-state index contributed by atoms with van der Waals surface area (Å²) in [5.74, 6) is -0.0547. The molecule has 0 radical (unpaired) electrons. The first-order valence-electron chi connectivity index (χ1n) is 12.3. The minimum atomic E-state index is -0.355. The number of halogens is 1. The van der Waals surface area contributed by atoms with Crippen molar-refractivity contribution in [2.75, 3.05) is 18.5 Å². The lowest BCUT2D eigenvalue weighted by atomic mass is 9.82. The van der Waals surface area contributed by atoms with Crippen LogP contribution in [0.3, 0.4) is 0 Å². The Hall–Kier alpha value is -4.31. The van der Waals surface area contributed by atoms with Crippen LogP contribution in [0.4, 0.5) is 15.9 Å². The van der Waals surface area contributed by atoms with Crippen molar-refractivity contribution in [1.29, 1.82) is 0 Å². The largest absolute Gasteiger partial charge is 0.381 e. The van der Waals surface area contributed by atoms with Crippen LogP contribution in [0.25, 0.3) is 16.9 Å². The first-order chi connectivity index (χ1) is 18.1.